The second-order valence-electron chi connectivity index (χ2n) is 4.82. The van der Waals surface area contributed by atoms with E-state index in [4.69, 9.17) is 5.73 Å². The molecule has 17 heavy (non-hydrogen) atoms. The number of hydrogen-bond acceptors (Lipinski definition) is 3. The molecule has 2 atom stereocenters. The lowest BCUT2D eigenvalue weighted by Gasteiger charge is -2.33. The van der Waals surface area contributed by atoms with Crippen LogP contribution in [0.25, 0.3) is 0 Å². The maximum Gasteiger partial charge on any atom is 0.279 e. The molecule has 1 rings (SSSR count). The lowest BCUT2D eigenvalue weighted by molar-refractivity contribution is 0.221. The maximum absolute atomic E-state index is 12.0. The molecule has 0 aromatic heterocycles. The second kappa shape index (κ2) is 6.49. The van der Waals surface area contributed by atoms with Gasteiger partial charge in [0.05, 0.1) is 0 Å². The molecule has 3 N–H and O–H groups in total. The molecule has 100 valence electrons. The van der Waals surface area contributed by atoms with Crippen LogP contribution in [-0.2, 0) is 10.2 Å². The van der Waals surface area contributed by atoms with Gasteiger partial charge in [0.2, 0.25) is 0 Å². The quantitative estimate of drug-likeness (QED) is 0.700. The fourth-order valence-electron chi connectivity index (χ4n) is 2.23. The Hall–Kier alpha value is -0.430. The van der Waals surface area contributed by atoms with E-state index in [0.29, 0.717) is 38.0 Å². The minimum atomic E-state index is -3.34. The molecular formula is C11H23N3O2S. The summed E-state index contributed by atoms with van der Waals surface area (Å²) in [6, 6.07) is 0. The number of nitrogens with zero attached hydrogens (tertiary/aromatic N) is 1. The van der Waals surface area contributed by atoms with Gasteiger partial charge in [-0.3, -0.25) is 0 Å². The van der Waals surface area contributed by atoms with E-state index in [9.17, 15) is 8.42 Å². The molecular weight excluding hydrogens is 238 g/mol. The van der Waals surface area contributed by atoms with Crippen LogP contribution in [0, 0.1) is 11.8 Å². The van der Waals surface area contributed by atoms with E-state index in [1.165, 1.54) is 0 Å². The average molecular weight is 261 g/mol. The Bertz CT molecular complexity index is 344. The summed E-state index contributed by atoms with van der Waals surface area (Å²) in [7, 11) is -3.34. The van der Waals surface area contributed by atoms with Crippen LogP contribution in [0.4, 0.5) is 0 Å². The summed E-state index contributed by atoms with van der Waals surface area (Å²) in [5, 5.41) is 0. The maximum atomic E-state index is 12.0. The third-order valence-electron chi connectivity index (χ3n) is 2.86. The molecule has 1 aliphatic rings. The fraction of sp³-hybridized carbons (Fsp3) is 0.818. The molecule has 5 nitrogen and oxygen atoms in total. The van der Waals surface area contributed by atoms with E-state index < -0.39 is 10.2 Å². The monoisotopic (exact) mass is 261 g/mol. The van der Waals surface area contributed by atoms with Crippen molar-refractivity contribution >= 4 is 10.2 Å². The zero-order valence-corrected chi connectivity index (χ0v) is 11.4. The average Bonchev–Trinajstić information content (AvgIpc) is 2.23. The van der Waals surface area contributed by atoms with Gasteiger partial charge in [-0.2, -0.15) is 17.4 Å². The Morgan fingerprint density at radius 2 is 1.88 bits per heavy atom. The van der Waals surface area contributed by atoms with Crippen LogP contribution in [0.5, 0.6) is 0 Å². The van der Waals surface area contributed by atoms with Gasteiger partial charge in [-0.1, -0.05) is 26.0 Å². The Morgan fingerprint density at radius 1 is 1.29 bits per heavy atom. The molecule has 0 amide bonds. The second-order valence-corrected chi connectivity index (χ2v) is 6.58. The third-order valence-corrected chi connectivity index (χ3v) is 4.37. The van der Waals surface area contributed by atoms with E-state index in [1.807, 2.05) is 0 Å². The lowest BCUT2D eigenvalue weighted by atomic mass is 9.94. The molecule has 0 aromatic carbocycles. The number of hydrogen-bond donors (Lipinski definition) is 2. The van der Waals surface area contributed by atoms with Gasteiger partial charge in [0.15, 0.2) is 0 Å². The van der Waals surface area contributed by atoms with Crippen molar-refractivity contribution in [2.24, 2.45) is 17.6 Å². The molecule has 6 heteroatoms. The van der Waals surface area contributed by atoms with Crippen LogP contribution >= 0.6 is 0 Å². The normalized spacial score (nSPS) is 27.7. The minimum absolute atomic E-state index is 0.304. The molecule has 0 saturated carbocycles. The molecule has 0 aliphatic carbocycles. The Labute approximate surface area is 104 Å². The molecule has 1 aliphatic heterocycles. The zero-order valence-electron chi connectivity index (χ0n) is 10.6. The largest absolute Gasteiger partial charge is 0.327 e. The number of nitrogens with one attached hydrogen (secondary N) is 1. The lowest BCUT2D eigenvalue weighted by Crippen LogP contribution is -2.47. The fourth-order valence-corrected chi connectivity index (χ4v) is 3.62. The summed E-state index contributed by atoms with van der Waals surface area (Å²) in [5.74, 6) is 0.852. The predicted octanol–water partition coefficient (Wildman–Crippen LogP) is 0.314. The minimum Gasteiger partial charge on any atom is -0.327 e. The van der Waals surface area contributed by atoms with Gasteiger partial charge < -0.3 is 5.73 Å². The summed E-state index contributed by atoms with van der Waals surface area (Å²) in [6.07, 6.45) is 4.57. The smallest absolute Gasteiger partial charge is 0.279 e. The van der Waals surface area contributed by atoms with Crippen molar-refractivity contribution in [3.8, 4) is 0 Å². The van der Waals surface area contributed by atoms with Gasteiger partial charge in [-0.05, 0) is 18.3 Å². The first-order valence-electron chi connectivity index (χ1n) is 6.05. The Balaban J connectivity index is 2.54. The van der Waals surface area contributed by atoms with Crippen molar-refractivity contribution < 1.29 is 8.42 Å². The van der Waals surface area contributed by atoms with Gasteiger partial charge >= 0.3 is 0 Å². The van der Waals surface area contributed by atoms with E-state index in [-0.39, 0.29) is 0 Å². The number of piperidine rings is 1. The van der Waals surface area contributed by atoms with Crippen LogP contribution in [0.3, 0.4) is 0 Å². The summed E-state index contributed by atoms with van der Waals surface area (Å²) in [6.45, 7) is 6.14. The van der Waals surface area contributed by atoms with Crippen molar-refractivity contribution in [3.63, 3.8) is 0 Å². The zero-order chi connectivity index (χ0) is 12.9. The molecule has 0 bridgehead atoms. The van der Waals surface area contributed by atoms with Gasteiger partial charge in [0, 0.05) is 26.2 Å². The summed E-state index contributed by atoms with van der Waals surface area (Å²) in [4.78, 5) is 0. The van der Waals surface area contributed by atoms with Crippen molar-refractivity contribution in [1.29, 1.82) is 0 Å². The van der Waals surface area contributed by atoms with E-state index in [1.54, 1.807) is 16.5 Å². The van der Waals surface area contributed by atoms with Crippen LogP contribution in [0.15, 0.2) is 12.2 Å². The molecule has 0 aromatic rings. The van der Waals surface area contributed by atoms with Crippen molar-refractivity contribution in [2.75, 3.05) is 26.2 Å². The predicted molar refractivity (Wildman–Crippen MR) is 69.6 cm³/mol. The summed E-state index contributed by atoms with van der Waals surface area (Å²) in [5.41, 5.74) is 5.28. The Morgan fingerprint density at radius 3 is 2.41 bits per heavy atom. The molecule has 0 spiro atoms. The highest BCUT2D eigenvalue weighted by Crippen LogP contribution is 2.22. The molecule has 0 radical (unpaired) electrons. The highest BCUT2D eigenvalue weighted by atomic mass is 32.2. The van der Waals surface area contributed by atoms with Gasteiger partial charge in [0.1, 0.15) is 0 Å². The SMILES string of the molecule is CC1CC(C)CN(S(=O)(=O)NC/C=C/CN)C1. The first-order valence-corrected chi connectivity index (χ1v) is 7.49. The van der Waals surface area contributed by atoms with Crippen LogP contribution in [0.1, 0.15) is 20.3 Å². The first-order chi connectivity index (χ1) is 7.95. The highest BCUT2D eigenvalue weighted by Gasteiger charge is 2.29. The molecule has 1 heterocycles. The van der Waals surface area contributed by atoms with Crippen molar-refractivity contribution in [3.05, 3.63) is 12.2 Å². The summed E-state index contributed by atoms with van der Waals surface area (Å²) < 4.78 is 28.1. The standard InChI is InChI=1S/C11H23N3O2S/c1-10-7-11(2)9-14(8-10)17(15,16)13-6-4-3-5-12/h3-4,10-11,13H,5-9,12H2,1-2H3/b4-3+. The van der Waals surface area contributed by atoms with Crippen molar-refractivity contribution in [1.82, 2.24) is 9.03 Å². The Kier molecular flexibility index (Phi) is 5.58. The molecule has 1 saturated heterocycles. The van der Waals surface area contributed by atoms with Gasteiger partial charge in [-0.15, -0.1) is 0 Å². The van der Waals surface area contributed by atoms with Gasteiger partial charge in [-0.25, -0.2) is 0 Å². The van der Waals surface area contributed by atoms with Crippen molar-refractivity contribution in [2.45, 2.75) is 20.3 Å². The first kappa shape index (κ1) is 14.6. The van der Waals surface area contributed by atoms with E-state index >= 15 is 0 Å². The third kappa shape index (κ3) is 4.75. The van der Waals surface area contributed by atoms with Crippen LogP contribution in [-0.4, -0.2) is 38.9 Å². The van der Waals surface area contributed by atoms with Crippen LogP contribution < -0.4 is 10.5 Å². The summed E-state index contributed by atoms with van der Waals surface area (Å²) >= 11 is 0. The highest BCUT2D eigenvalue weighted by molar-refractivity contribution is 7.87. The van der Waals surface area contributed by atoms with E-state index in [2.05, 4.69) is 18.6 Å². The van der Waals surface area contributed by atoms with E-state index in [0.717, 1.165) is 6.42 Å². The van der Waals surface area contributed by atoms with Crippen LogP contribution in [0.2, 0.25) is 0 Å². The molecule has 2 unspecified atom stereocenters. The number of nitrogens with two attached hydrogens (primary N) is 1. The number of rotatable bonds is 5. The van der Waals surface area contributed by atoms with Gasteiger partial charge in [0.25, 0.3) is 10.2 Å². The topological polar surface area (TPSA) is 75.4 Å². The molecule has 1 fully saturated rings.